The van der Waals surface area contributed by atoms with Gasteiger partial charge in [0.2, 0.25) is 0 Å². The Kier molecular flexibility index (Phi) is 5.97. The topological polar surface area (TPSA) is 86.7 Å². The van der Waals surface area contributed by atoms with Gasteiger partial charge in [-0.2, -0.15) is 4.31 Å². The summed E-state index contributed by atoms with van der Waals surface area (Å²) in [6.07, 6.45) is 1.62. The van der Waals surface area contributed by atoms with Crippen LogP contribution in [0.2, 0.25) is 0 Å². The summed E-state index contributed by atoms with van der Waals surface area (Å²) in [6.45, 7) is 3.26. The van der Waals surface area contributed by atoms with Crippen LogP contribution in [0.1, 0.15) is 25.3 Å². The molecule has 7 heteroatoms. The standard InChI is InChI=1S/C13H20N2O4S/c1-3-4-9-14-13(17)15(10-16)20(18,19)12-7-5-11(2)6-8-12/h5-8,16H,3-4,9-10H2,1-2H3,(H,14,17). The minimum atomic E-state index is -4.03. The predicted octanol–water partition coefficient (Wildman–Crippen LogP) is 1.45. The fraction of sp³-hybridized carbons (Fsp3) is 0.462. The van der Waals surface area contributed by atoms with Crippen LogP contribution >= 0.6 is 0 Å². The van der Waals surface area contributed by atoms with Gasteiger partial charge in [-0.3, -0.25) is 0 Å². The van der Waals surface area contributed by atoms with E-state index in [1.807, 2.05) is 13.8 Å². The van der Waals surface area contributed by atoms with E-state index in [0.29, 0.717) is 10.8 Å². The van der Waals surface area contributed by atoms with Crippen LogP contribution in [0.25, 0.3) is 0 Å². The molecule has 6 nitrogen and oxygen atoms in total. The number of aliphatic hydroxyl groups is 1. The third-order valence-electron chi connectivity index (χ3n) is 2.77. The van der Waals surface area contributed by atoms with Gasteiger partial charge in [-0.25, -0.2) is 13.2 Å². The van der Waals surface area contributed by atoms with E-state index in [-0.39, 0.29) is 4.90 Å². The zero-order valence-corrected chi connectivity index (χ0v) is 12.5. The van der Waals surface area contributed by atoms with Crippen molar-refractivity contribution in [2.24, 2.45) is 0 Å². The molecule has 2 N–H and O–H groups in total. The highest BCUT2D eigenvalue weighted by molar-refractivity contribution is 7.89. The Bertz CT molecular complexity index is 540. The molecule has 20 heavy (non-hydrogen) atoms. The highest BCUT2D eigenvalue weighted by Gasteiger charge is 2.28. The molecule has 0 aliphatic carbocycles. The summed E-state index contributed by atoms with van der Waals surface area (Å²) < 4.78 is 24.9. The summed E-state index contributed by atoms with van der Waals surface area (Å²) in [5.41, 5.74) is 0.909. The Hall–Kier alpha value is -1.60. The number of carbonyl (C=O) groups is 1. The van der Waals surface area contributed by atoms with Crippen LogP contribution in [0.4, 0.5) is 4.79 Å². The number of urea groups is 1. The first-order chi connectivity index (χ1) is 9.43. The van der Waals surface area contributed by atoms with Crippen LogP contribution < -0.4 is 5.32 Å². The van der Waals surface area contributed by atoms with E-state index >= 15 is 0 Å². The van der Waals surface area contributed by atoms with Gasteiger partial charge in [0.15, 0.2) is 0 Å². The van der Waals surface area contributed by atoms with Crippen molar-refractivity contribution in [3.8, 4) is 0 Å². The second kappa shape index (κ2) is 7.25. The number of hydrogen-bond donors (Lipinski definition) is 2. The molecule has 0 aliphatic rings. The molecule has 0 bridgehead atoms. The first-order valence-corrected chi connectivity index (χ1v) is 7.85. The number of hydrogen-bond acceptors (Lipinski definition) is 4. The van der Waals surface area contributed by atoms with E-state index in [2.05, 4.69) is 5.32 Å². The second-order valence-electron chi connectivity index (χ2n) is 4.39. The van der Waals surface area contributed by atoms with Crippen LogP contribution in [-0.4, -0.2) is 37.1 Å². The maximum Gasteiger partial charge on any atom is 0.333 e. The van der Waals surface area contributed by atoms with Crippen molar-refractivity contribution in [2.45, 2.75) is 31.6 Å². The summed E-state index contributed by atoms with van der Waals surface area (Å²) in [5, 5.41) is 11.7. The van der Waals surface area contributed by atoms with E-state index in [0.717, 1.165) is 18.4 Å². The average molecular weight is 300 g/mol. The summed E-state index contributed by atoms with van der Waals surface area (Å²) in [6, 6.07) is 5.27. The molecule has 1 aromatic rings. The lowest BCUT2D eigenvalue weighted by atomic mass is 10.2. The van der Waals surface area contributed by atoms with Crippen LogP contribution in [-0.2, 0) is 10.0 Å². The number of rotatable bonds is 6. The van der Waals surface area contributed by atoms with Gasteiger partial charge in [0, 0.05) is 6.54 Å². The molecular weight excluding hydrogens is 280 g/mol. The molecule has 0 atom stereocenters. The molecule has 0 fully saturated rings. The van der Waals surface area contributed by atoms with Crippen molar-refractivity contribution in [3.05, 3.63) is 29.8 Å². The number of benzene rings is 1. The monoisotopic (exact) mass is 300 g/mol. The Balaban J connectivity index is 2.92. The Labute approximate surface area is 119 Å². The van der Waals surface area contributed by atoms with Gasteiger partial charge in [0.25, 0.3) is 10.0 Å². The molecular formula is C13H20N2O4S. The van der Waals surface area contributed by atoms with Crippen LogP contribution in [0.3, 0.4) is 0 Å². The number of nitrogens with one attached hydrogen (secondary N) is 1. The van der Waals surface area contributed by atoms with Crippen LogP contribution in [0, 0.1) is 6.92 Å². The van der Waals surface area contributed by atoms with Gasteiger partial charge in [0.1, 0.15) is 6.73 Å². The first kappa shape index (κ1) is 16.5. The van der Waals surface area contributed by atoms with Crippen molar-refractivity contribution < 1.29 is 18.3 Å². The smallest absolute Gasteiger partial charge is 0.333 e. The van der Waals surface area contributed by atoms with Gasteiger partial charge >= 0.3 is 6.03 Å². The van der Waals surface area contributed by atoms with Gasteiger partial charge in [-0.05, 0) is 25.5 Å². The lowest BCUT2D eigenvalue weighted by molar-refractivity contribution is 0.171. The lowest BCUT2D eigenvalue weighted by Gasteiger charge is -2.20. The molecule has 0 saturated carbocycles. The van der Waals surface area contributed by atoms with Gasteiger partial charge < -0.3 is 10.4 Å². The summed E-state index contributed by atoms with van der Waals surface area (Å²) in [7, 11) is -4.03. The number of sulfonamides is 1. The largest absolute Gasteiger partial charge is 0.375 e. The average Bonchev–Trinajstić information content (AvgIpc) is 2.40. The van der Waals surface area contributed by atoms with E-state index in [4.69, 9.17) is 0 Å². The molecule has 0 radical (unpaired) electrons. The number of aryl methyl sites for hydroxylation is 1. The number of unbranched alkanes of at least 4 members (excludes halogenated alkanes) is 1. The van der Waals surface area contributed by atoms with Crippen molar-refractivity contribution in [1.29, 1.82) is 0 Å². The fourth-order valence-corrected chi connectivity index (χ4v) is 2.72. The molecule has 0 unspecified atom stereocenters. The fourth-order valence-electron chi connectivity index (χ4n) is 1.55. The quantitative estimate of drug-likeness (QED) is 0.615. The summed E-state index contributed by atoms with van der Waals surface area (Å²) >= 11 is 0. The first-order valence-electron chi connectivity index (χ1n) is 6.41. The number of aliphatic hydroxyl groups excluding tert-OH is 1. The zero-order chi connectivity index (χ0) is 15.2. The highest BCUT2D eigenvalue weighted by atomic mass is 32.2. The molecule has 112 valence electrons. The minimum Gasteiger partial charge on any atom is -0.375 e. The Morgan fingerprint density at radius 3 is 2.40 bits per heavy atom. The molecule has 0 aromatic heterocycles. The van der Waals surface area contributed by atoms with Crippen molar-refractivity contribution in [1.82, 2.24) is 9.62 Å². The summed E-state index contributed by atoms with van der Waals surface area (Å²) in [4.78, 5) is 11.8. The SMILES string of the molecule is CCCCNC(=O)N(CO)S(=O)(=O)c1ccc(C)cc1. The molecule has 0 saturated heterocycles. The third-order valence-corrected chi connectivity index (χ3v) is 4.50. The van der Waals surface area contributed by atoms with Crippen LogP contribution in [0.15, 0.2) is 29.2 Å². The number of nitrogens with zero attached hydrogens (tertiary/aromatic N) is 1. The Morgan fingerprint density at radius 1 is 1.30 bits per heavy atom. The van der Waals surface area contributed by atoms with Gasteiger partial charge in [0.05, 0.1) is 4.90 Å². The van der Waals surface area contributed by atoms with Gasteiger partial charge in [-0.15, -0.1) is 0 Å². The van der Waals surface area contributed by atoms with Crippen molar-refractivity contribution >= 4 is 16.1 Å². The molecule has 1 rings (SSSR count). The van der Waals surface area contributed by atoms with E-state index in [1.165, 1.54) is 12.1 Å². The predicted molar refractivity (Wildman–Crippen MR) is 75.6 cm³/mol. The maximum atomic E-state index is 12.3. The van der Waals surface area contributed by atoms with Crippen LogP contribution in [0.5, 0.6) is 0 Å². The lowest BCUT2D eigenvalue weighted by Crippen LogP contribution is -2.44. The van der Waals surface area contributed by atoms with E-state index in [1.54, 1.807) is 12.1 Å². The molecule has 0 aliphatic heterocycles. The highest BCUT2D eigenvalue weighted by Crippen LogP contribution is 2.16. The Morgan fingerprint density at radius 2 is 1.90 bits per heavy atom. The van der Waals surface area contributed by atoms with Crippen molar-refractivity contribution in [3.63, 3.8) is 0 Å². The minimum absolute atomic E-state index is 0.0252. The third kappa shape index (κ3) is 3.94. The van der Waals surface area contributed by atoms with Gasteiger partial charge in [-0.1, -0.05) is 31.0 Å². The summed E-state index contributed by atoms with van der Waals surface area (Å²) in [5.74, 6) is 0. The molecule has 2 amide bonds. The van der Waals surface area contributed by atoms with E-state index in [9.17, 15) is 18.3 Å². The normalized spacial score (nSPS) is 11.2. The number of amides is 2. The molecule has 1 aromatic carbocycles. The number of carbonyl (C=O) groups excluding carboxylic acids is 1. The van der Waals surface area contributed by atoms with Crippen molar-refractivity contribution in [2.75, 3.05) is 13.3 Å². The maximum absolute atomic E-state index is 12.3. The second-order valence-corrected chi connectivity index (χ2v) is 6.26. The molecule has 0 heterocycles. The molecule has 0 spiro atoms. The van der Waals surface area contributed by atoms with E-state index < -0.39 is 22.8 Å². The zero-order valence-electron chi connectivity index (χ0n) is 11.7.